The van der Waals surface area contributed by atoms with Gasteiger partial charge in [-0.15, -0.1) is 0 Å². The van der Waals surface area contributed by atoms with Gasteiger partial charge < -0.3 is 10.4 Å². The normalized spacial score (nSPS) is 11.9. The molecule has 0 aliphatic carbocycles. The highest BCUT2D eigenvalue weighted by Crippen LogP contribution is 2.05. The number of aliphatic carboxylic acids is 1. The van der Waals surface area contributed by atoms with Crippen molar-refractivity contribution in [3.63, 3.8) is 0 Å². The van der Waals surface area contributed by atoms with Crippen LogP contribution in [-0.2, 0) is 18.3 Å². The first-order valence-electron chi connectivity index (χ1n) is 6.40. The maximum absolute atomic E-state index is 12.1. The zero-order valence-corrected chi connectivity index (χ0v) is 11.8. The Morgan fingerprint density at radius 3 is 2.57 bits per heavy atom. The highest BCUT2D eigenvalue weighted by atomic mass is 16.4. The Bertz CT molecular complexity index is 632. The third-order valence-electron chi connectivity index (χ3n) is 3.14. The molecule has 0 aliphatic heterocycles. The van der Waals surface area contributed by atoms with Crippen LogP contribution < -0.4 is 5.32 Å². The Morgan fingerprint density at radius 2 is 2.05 bits per heavy atom. The molecule has 0 saturated heterocycles. The largest absolute Gasteiger partial charge is 0.480 e. The van der Waals surface area contributed by atoms with Crippen molar-refractivity contribution >= 4 is 11.9 Å². The standard InChI is InChI=1S/C14H16N4O3/c1-9-7-11(17-18(9)2)13(19)16-12(14(20)21)8-10-3-5-15-6-4-10/h3-7,12H,8H2,1-2H3,(H,16,19)(H,20,21). The Morgan fingerprint density at radius 1 is 1.38 bits per heavy atom. The molecular weight excluding hydrogens is 272 g/mol. The summed E-state index contributed by atoms with van der Waals surface area (Å²) in [5.74, 6) is -1.59. The van der Waals surface area contributed by atoms with Crippen LogP contribution in [0.4, 0.5) is 0 Å². The number of amides is 1. The molecule has 1 unspecified atom stereocenters. The molecule has 2 N–H and O–H groups in total. The second kappa shape index (κ2) is 6.17. The lowest BCUT2D eigenvalue weighted by molar-refractivity contribution is -0.139. The van der Waals surface area contributed by atoms with E-state index in [1.165, 1.54) is 0 Å². The van der Waals surface area contributed by atoms with Crippen LogP contribution in [0.2, 0.25) is 0 Å². The van der Waals surface area contributed by atoms with Crippen molar-refractivity contribution in [2.24, 2.45) is 7.05 Å². The van der Waals surface area contributed by atoms with Gasteiger partial charge in [-0.05, 0) is 30.7 Å². The molecule has 0 saturated carbocycles. The lowest BCUT2D eigenvalue weighted by Gasteiger charge is -2.13. The molecule has 2 rings (SSSR count). The maximum Gasteiger partial charge on any atom is 0.326 e. The first kappa shape index (κ1) is 14.7. The Kier molecular flexibility index (Phi) is 4.32. The zero-order valence-electron chi connectivity index (χ0n) is 11.8. The molecule has 2 heterocycles. The van der Waals surface area contributed by atoms with Crippen molar-refractivity contribution in [1.29, 1.82) is 0 Å². The van der Waals surface area contributed by atoms with Crippen molar-refractivity contribution < 1.29 is 14.7 Å². The monoisotopic (exact) mass is 288 g/mol. The van der Waals surface area contributed by atoms with Gasteiger partial charge in [-0.3, -0.25) is 14.5 Å². The topological polar surface area (TPSA) is 97.1 Å². The number of carbonyl (C=O) groups excluding carboxylic acids is 1. The van der Waals surface area contributed by atoms with E-state index in [-0.39, 0.29) is 12.1 Å². The molecule has 7 heteroatoms. The summed E-state index contributed by atoms with van der Waals surface area (Å²) in [5, 5.41) is 15.8. The average molecular weight is 288 g/mol. The smallest absolute Gasteiger partial charge is 0.326 e. The highest BCUT2D eigenvalue weighted by Gasteiger charge is 2.22. The molecule has 1 atom stereocenters. The summed E-state index contributed by atoms with van der Waals surface area (Å²) in [5.41, 5.74) is 1.81. The van der Waals surface area contributed by atoms with Crippen molar-refractivity contribution in [3.05, 3.63) is 47.5 Å². The second-order valence-corrected chi connectivity index (χ2v) is 4.72. The summed E-state index contributed by atoms with van der Waals surface area (Å²) < 4.78 is 1.56. The molecule has 0 bridgehead atoms. The fourth-order valence-electron chi connectivity index (χ4n) is 1.86. The molecule has 1 amide bonds. The summed E-state index contributed by atoms with van der Waals surface area (Å²) in [6.45, 7) is 1.81. The Labute approximate surface area is 121 Å². The lowest BCUT2D eigenvalue weighted by Crippen LogP contribution is -2.42. The minimum absolute atomic E-state index is 0.190. The first-order chi connectivity index (χ1) is 9.97. The number of carboxylic acids is 1. The summed E-state index contributed by atoms with van der Waals surface area (Å²) in [6, 6.07) is 4.03. The van der Waals surface area contributed by atoms with Crippen LogP contribution in [0.15, 0.2) is 30.6 Å². The minimum Gasteiger partial charge on any atom is -0.480 e. The zero-order chi connectivity index (χ0) is 15.4. The van der Waals surface area contributed by atoms with Crippen LogP contribution in [-0.4, -0.2) is 37.8 Å². The molecular formula is C14H16N4O3. The minimum atomic E-state index is -1.09. The molecule has 110 valence electrons. The average Bonchev–Trinajstić information content (AvgIpc) is 2.79. The van der Waals surface area contributed by atoms with Crippen LogP contribution in [0.25, 0.3) is 0 Å². The van der Waals surface area contributed by atoms with Crippen molar-refractivity contribution in [1.82, 2.24) is 20.1 Å². The Hall–Kier alpha value is -2.70. The van der Waals surface area contributed by atoms with Gasteiger partial charge in [-0.25, -0.2) is 4.79 Å². The van der Waals surface area contributed by atoms with Gasteiger partial charge in [0.15, 0.2) is 0 Å². The number of aryl methyl sites for hydroxylation is 2. The van der Waals surface area contributed by atoms with Gasteiger partial charge in [0, 0.05) is 31.6 Å². The fourth-order valence-corrected chi connectivity index (χ4v) is 1.86. The number of rotatable bonds is 5. The van der Waals surface area contributed by atoms with E-state index in [1.54, 1.807) is 42.3 Å². The third-order valence-corrected chi connectivity index (χ3v) is 3.14. The predicted molar refractivity (Wildman–Crippen MR) is 74.8 cm³/mol. The van der Waals surface area contributed by atoms with E-state index in [0.717, 1.165) is 11.3 Å². The number of pyridine rings is 1. The number of carboxylic acid groups (broad SMARTS) is 1. The van der Waals surface area contributed by atoms with Gasteiger partial charge >= 0.3 is 5.97 Å². The van der Waals surface area contributed by atoms with E-state index < -0.39 is 17.9 Å². The molecule has 0 spiro atoms. The van der Waals surface area contributed by atoms with Gasteiger partial charge in [0.25, 0.3) is 5.91 Å². The Balaban J connectivity index is 2.09. The molecule has 0 fully saturated rings. The lowest BCUT2D eigenvalue weighted by atomic mass is 10.1. The summed E-state index contributed by atoms with van der Waals surface area (Å²) >= 11 is 0. The van der Waals surface area contributed by atoms with Crippen molar-refractivity contribution in [3.8, 4) is 0 Å². The molecule has 0 radical (unpaired) electrons. The van der Waals surface area contributed by atoms with Crippen molar-refractivity contribution in [2.75, 3.05) is 0 Å². The number of hydrogen-bond donors (Lipinski definition) is 2. The summed E-state index contributed by atoms with van der Waals surface area (Å²) in [7, 11) is 1.72. The number of hydrogen-bond acceptors (Lipinski definition) is 4. The van der Waals surface area contributed by atoms with E-state index in [1.807, 2.05) is 6.92 Å². The quantitative estimate of drug-likeness (QED) is 0.837. The van der Waals surface area contributed by atoms with E-state index >= 15 is 0 Å². The highest BCUT2D eigenvalue weighted by molar-refractivity contribution is 5.95. The number of nitrogens with zero attached hydrogens (tertiary/aromatic N) is 3. The molecule has 2 aromatic rings. The number of nitrogens with one attached hydrogen (secondary N) is 1. The van der Waals surface area contributed by atoms with E-state index in [9.17, 15) is 14.7 Å². The molecule has 0 aliphatic rings. The summed E-state index contributed by atoms with van der Waals surface area (Å²) in [6.07, 6.45) is 3.35. The number of aromatic nitrogens is 3. The first-order valence-corrected chi connectivity index (χ1v) is 6.40. The van der Waals surface area contributed by atoms with Crippen LogP contribution >= 0.6 is 0 Å². The van der Waals surface area contributed by atoms with Gasteiger partial charge in [0.2, 0.25) is 0 Å². The maximum atomic E-state index is 12.1. The third kappa shape index (κ3) is 3.65. The molecule has 2 aromatic heterocycles. The number of carbonyl (C=O) groups is 2. The van der Waals surface area contributed by atoms with Crippen LogP contribution in [0.3, 0.4) is 0 Å². The molecule has 7 nitrogen and oxygen atoms in total. The van der Waals surface area contributed by atoms with Crippen molar-refractivity contribution in [2.45, 2.75) is 19.4 Å². The van der Waals surface area contributed by atoms with E-state index in [0.29, 0.717) is 0 Å². The fraction of sp³-hybridized carbons (Fsp3) is 0.286. The van der Waals surface area contributed by atoms with E-state index in [4.69, 9.17) is 0 Å². The van der Waals surface area contributed by atoms with Crippen LogP contribution in [0.5, 0.6) is 0 Å². The van der Waals surface area contributed by atoms with Gasteiger partial charge in [0.1, 0.15) is 11.7 Å². The van der Waals surface area contributed by atoms with Gasteiger partial charge in [-0.1, -0.05) is 0 Å². The SMILES string of the molecule is Cc1cc(C(=O)NC(Cc2ccncc2)C(=O)O)nn1C. The second-order valence-electron chi connectivity index (χ2n) is 4.72. The molecule has 0 aromatic carbocycles. The van der Waals surface area contributed by atoms with Gasteiger partial charge in [0.05, 0.1) is 0 Å². The molecule has 21 heavy (non-hydrogen) atoms. The van der Waals surface area contributed by atoms with Gasteiger partial charge in [-0.2, -0.15) is 5.10 Å². The summed E-state index contributed by atoms with van der Waals surface area (Å²) in [4.78, 5) is 27.2. The van der Waals surface area contributed by atoms with E-state index in [2.05, 4.69) is 15.4 Å². The predicted octanol–water partition coefficient (Wildman–Crippen LogP) is 0.549. The van der Waals surface area contributed by atoms with Crippen LogP contribution in [0.1, 0.15) is 21.7 Å². The van der Waals surface area contributed by atoms with Crippen LogP contribution in [0, 0.1) is 6.92 Å².